The normalized spacial score (nSPS) is 22.1. The zero-order chi connectivity index (χ0) is 13.7. The zero-order valence-corrected chi connectivity index (χ0v) is 13.2. The van der Waals surface area contributed by atoms with Gasteiger partial charge in [-0.1, -0.05) is 22.9 Å². The monoisotopic (exact) mass is 327 g/mol. The smallest absolute Gasteiger partial charge is 0.123 e. The third-order valence-corrected chi connectivity index (χ3v) is 3.99. The Kier molecular flexibility index (Phi) is 5.67. The molecule has 0 saturated heterocycles. The second kappa shape index (κ2) is 7.27. The summed E-state index contributed by atoms with van der Waals surface area (Å²) >= 11 is 3.52. The molecule has 1 saturated carbocycles. The Hall–Kier alpha value is -0.580. The Labute approximate surface area is 123 Å². The first-order chi connectivity index (χ1) is 9.22. The van der Waals surface area contributed by atoms with Crippen LogP contribution in [-0.4, -0.2) is 25.9 Å². The molecule has 0 aliphatic heterocycles. The number of hydrogen-bond donors (Lipinski definition) is 1. The first-order valence-electron chi connectivity index (χ1n) is 6.90. The molecule has 0 bridgehead atoms. The number of benzene rings is 1. The molecule has 0 atom stereocenters. The van der Waals surface area contributed by atoms with Crippen LogP contribution in [0.4, 0.5) is 0 Å². The van der Waals surface area contributed by atoms with Crippen molar-refractivity contribution in [1.29, 1.82) is 0 Å². The van der Waals surface area contributed by atoms with E-state index in [0.717, 1.165) is 42.6 Å². The number of nitrogens with one attached hydrogen (secondary N) is 1. The van der Waals surface area contributed by atoms with Crippen molar-refractivity contribution >= 4 is 15.9 Å². The van der Waals surface area contributed by atoms with Gasteiger partial charge < -0.3 is 14.8 Å². The van der Waals surface area contributed by atoms with E-state index in [0.29, 0.717) is 12.1 Å². The van der Waals surface area contributed by atoms with Crippen LogP contribution in [0.25, 0.3) is 0 Å². The van der Waals surface area contributed by atoms with Crippen molar-refractivity contribution in [2.24, 2.45) is 0 Å². The van der Waals surface area contributed by atoms with E-state index in [1.54, 1.807) is 7.11 Å². The van der Waals surface area contributed by atoms with Gasteiger partial charge in [0.05, 0.1) is 12.7 Å². The highest BCUT2D eigenvalue weighted by atomic mass is 79.9. The van der Waals surface area contributed by atoms with Crippen LogP contribution in [0, 0.1) is 0 Å². The van der Waals surface area contributed by atoms with E-state index in [4.69, 9.17) is 9.47 Å². The number of ether oxygens (including phenoxy) is 2. The predicted molar refractivity (Wildman–Crippen MR) is 80.6 cm³/mol. The molecule has 0 unspecified atom stereocenters. The summed E-state index contributed by atoms with van der Waals surface area (Å²) in [5.74, 6) is 0.986. The Morgan fingerprint density at radius 2 is 2.16 bits per heavy atom. The van der Waals surface area contributed by atoms with E-state index in [2.05, 4.69) is 34.2 Å². The summed E-state index contributed by atoms with van der Waals surface area (Å²) in [4.78, 5) is 0. The highest BCUT2D eigenvalue weighted by Crippen LogP contribution is 2.26. The van der Waals surface area contributed by atoms with Crippen molar-refractivity contribution in [3.05, 3.63) is 28.2 Å². The van der Waals surface area contributed by atoms with Crippen LogP contribution >= 0.6 is 15.9 Å². The molecule has 1 aliphatic rings. The molecule has 0 radical (unpaired) electrons. The minimum absolute atomic E-state index is 0.441. The van der Waals surface area contributed by atoms with E-state index in [1.807, 2.05) is 12.1 Å². The Morgan fingerprint density at radius 3 is 2.84 bits per heavy atom. The largest absolute Gasteiger partial charge is 0.493 e. The summed E-state index contributed by atoms with van der Waals surface area (Å²) in [7, 11) is 1.78. The lowest BCUT2D eigenvalue weighted by Gasteiger charge is -2.35. The fraction of sp³-hybridized carbons (Fsp3) is 0.600. The van der Waals surface area contributed by atoms with E-state index in [1.165, 1.54) is 5.56 Å². The molecule has 2 rings (SSSR count). The minimum atomic E-state index is 0.441. The fourth-order valence-electron chi connectivity index (χ4n) is 2.22. The zero-order valence-electron chi connectivity index (χ0n) is 11.6. The van der Waals surface area contributed by atoms with Gasteiger partial charge >= 0.3 is 0 Å². The van der Waals surface area contributed by atoms with Gasteiger partial charge in [0.2, 0.25) is 0 Å². The standard InChI is InChI=1S/C15H22BrNO2/c1-3-6-19-15-5-4-12(16)7-11(15)10-17-13-8-14(9-13)18-2/h4-5,7,13-14,17H,3,6,8-10H2,1-2H3. The van der Waals surface area contributed by atoms with E-state index < -0.39 is 0 Å². The molecule has 1 aromatic rings. The lowest BCUT2D eigenvalue weighted by Crippen LogP contribution is -2.44. The molecule has 1 fully saturated rings. The SMILES string of the molecule is CCCOc1ccc(Br)cc1CNC1CC(OC)C1. The summed E-state index contributed by atoms with van der Waals surface area (Å²) in [5.41, 5.74) is 1.21. The van der Waals surface area contributed by atoms with Crippen molar-refractivity contribution in [3.8, 4) is 5.75 Å². The van der Waals surface area contributed by atoms with Gasteiger partial charge in [-0.2, -0.15) is 0 Å². The average Bonchev–Trinajstić information content (AvgIpc) is 2.36. The van der Waals surface area contributed by atoms with Gasteiger partial charge in [-0.25, -0.2) is 0 Å². The quantitative estimate of drug-likeness (QED) is 0.831. The van der Waals surface area contributed by atoms with Gasteiger partial charge in [-0.05, 0) is 37.5 Å². The maximum Gasteiger partial charge on any atom is 0.123 e. The third-order valence-electron chi connectivity index (χ3n) is 3.49. The van der Waals surface area contributed by atoms with Crippen LogP contribution in [0.3, 0.4) is 0 Å². The van der Waals surface area contributed by atoms with Crippen LogP contribution in [0.15, 0.2) is 22.7 Å². The number of hydrogen-bond acceptors (Lipinski definition) is 3. The van der Waals surface area contributed by atoms with E-state index >= 15 is 0 Å². The molecule has 0 heterocycles. The van der Waals surface area contributed by atoms with Crippen LogP contribution in [-0.2, 0) is 11.3 Å². The topological polar surface area (TPSA) is 30.5 Å². The van der Waals surface area contributed by atoms with Gasteiger partial charge in [0, 0.05) is 29.7 Å². The molecule has 3 nitrogen and oxygen atoms in total. The molecule has 19 heavy (non-hydrogen) atoms. The summed E-state index contributed by atoms with van der Waals surface area (Å²) < 4.78 is 12.2. The van der Waals surface area contributed by atoms with Gasteiger partial charge in [0.15, 0.2) is 0 Å². The highest BCUT2D eigenvalue weighted by Gasteiger charge is 2.28. The first-order valence-corrected chi connectivity index (χ1v) is 7.69. The summed E-state index contributed by atoms with van der Waals surface area (Å²) in [6.45, 7) is 3.74. The summed E-state index contributed by atoms with van der Waals surface area (Å²) in [5, 5.41) is 3.56. The van der Waals surface area contributed by atoms with Crippen LogP contribution in [0.2, 0.25) is 0 Å². The van der Waals surface area contributed by atoms with Crippen molar-refractivity contribution in [2.45, 2.75) is 44.9 Å². The Bertz CT molecular complexity index is 405. The summed E-state index contributed by atoms with van der Waals surface area (Å²) in [6, 6.07) is 6.77. The Balaban J connectivity index is 1.89. The third kappa shape index (κ3) is 4.20. The average molecular weight is 328 g/mol. The highest BCUT2D eigenvalue weighted by molar-refractivity contribution is 9.10. The van der Waals surface area contributed by atoms with E-state index in [-0.39, 0.29) is 0 Å². The molecule has 0 spiro atoms. The van der Waals surface area contributed by atoms with Crippen molar-refractivity contribution in [2.75, 3.05) is 13.7 Å². The molecule has 106 valence electrons. The molecule has 4 heteroatoms. The predicted octanol–water partition coefficient (Wildman–Crippen LogP) is 3.50. The van der Waals surface area contributed by atoms with Crippen molar-refractivity contribution < 1.29 is 9.47 Å². The molecular weight excluding hydrogens is 306 g/mol. The van der Waals surface area contributed by atoms with Crippen molar-refractivity contribution in [3.63, 3.8) is 0 Å². The lowest BCUT2D eigenvalue weighted by molar-refractivity contribution is 0.0169. The van der Waals surface area contributed by atoms with Crippen LogP contribution < -0.4 is 10.1 Å². The number of halogens is 1. The number of rotatable bonds is 7. The van der Waals surface area contributed by atoms with Crippen LogP contribution in [0.1, 0.15) is 31.7 Å². The van der Waals surface area contributed by atoms with Gasteiger partial charge in [-0.3, -0.25) is 0 Å². The molecular formula is C15H22BrNO2. The first kappa shape index (κ1) is 14.8. The lowest BCUT2D eigenvalue weighted by atomic mass is 9.89. The molecule has 1 aromatic carbocycles. The second-order valence-corrected chi connectivity index (χ2v) is 5.92. The molecule has 0 aromatic heterocycles. The Morgan fingerprint density at radius 1 is 1.37 bits per heavy atom. The van der Waals surface area contributed by atoms with Crippen molar-refractivity contribution in [1.82, 2.24) is 5.32 Å². The van der Waals surface area contributed by atoms with Gasteiger partial charge in [-0.15, -0.1) is 0 Å². The van der Waals surface area contributed by atoms with Crippen LogP contribution in [0.5, 0.6) is 5.75 Å². The molecule has 1 aliphatic carbocycles. The number of methoxy groups -OCH3 is 1. The molecule has 0 amide bonds. The maximum atomic E-state index is 5.78. The second-order valence-electron chi connectivity index (χ2n) is 5.01. The molecule has 1 N–H and O–H groups in total. The van der Waals surface area contributed by atoms with Gasteiger partial charge in [0.1, 0.15) is 5.75 Å². The van der Waals surface area contributed by atoms with E-state index in [9.17, 15) is 0 Å². The minimum Gasteiger partial charge on any atom is -0.493 e. The summed E-state index contributed by atoms with van der Waals surface area (Å²) in [6.07, 6.45) is 3.68. The fourth-order valence-corrected chi connectivity index (χ4v) is 2.63. The van der Waals surface area contributed by atoms with Gasteiger partial charge in [0.25, 0.3) is 0 Å². The maximum absolute atomic E-state index is 5.78.